The molecule has 0 fully saturated rings. The number of halogens is 1. The van der Waals surface area contributed by atoms with Gasteiger partial charge in [-0.3, -0.25) is 0 Å². The van der Waals surface area contributed by atoms with Crippen LogP contribution in [0.2, 0.25) is 5.02 Å². The van der Waals surface area contributed by atoms with Gasteiger partial charge < -0.3 is 19.9 Å². The largest absolute Gasteiger partial charge is 0.454 e. The Hall–Kier alpha value is -0.970. The number of rotatable bonds is 6. The van der Waals surface area contributed by atoms with E-state index in [0.29, 0.717) is 35.5 Å². The molecule has 0 bridgehead atoms. The van der Waals surface area contributed by atoms with E-state index in [2.05, 4.69) is 19.2 Å². The van der Waals surface area contributed by atoms with Crippen molar-refractivity contribution in [1.29, 1.82) is 0 Å². The lowest BCUT2D eigenvalue weighted by Crippen LogP contribution is -2.27. The highest BCUT2D eigenvalue weighted by atomic mass is 35.5. The van der Waals surface area contributed by atoms with Crippen LogP contribution in [0.1, 0.15) is 25.8 Å². The second-order valence-electron chi connectivity index (χ2n) is 5.23. The molecule has 106 valence electrons. The first-order valence-corrected chi connectivity index (χ1v) is 6.91. The summed E-state index contributed by atoms with van der Waals surface area (Å²) in [7, 11) is 0. The van der Waals surface area contributed by atoms with Crippen LogP contribution in [0.15, 0.2) is 12.1 Å². The van der Waals surface area contributed by atoms with Crippen molar-refractivity contribution in [3.05, 3.63) is 22.7 Å². The molecule has 0 aliphatic carbocycles. The van der Waals surface area contributed by atoms with Crippen molar-refractivity contribution < 1.29 is 14.6 Å². The fourth-order valence-corrected chi connectivity index (χ4v) is 2.42. The Kier molecular flexibility index (Phi) is 4.91. The lowest BCUT2D eigenvalue weighted by atomic mass is 10.1. The Labute approximate surface area is 118 Å². The van der Waals surface area contributed by atoms with E-state index in [1.807, 2.05) is 12.1 Å². The first-order chi connectivity index (χ1) is 9.06. The molecule has 0 amide bonds. The van der Waals surface area contributed by atoms with E-state index < -0.39 is 0 Å². The van der Waals surface area contributed by atoms with Crippen molar-refractivity contribution in [2.75, 3.05) is 13.3 Å². The van der Waals surface area contributed by atoms with Crippen molar-refractivity contribution in [1.82, 2.24) is 5.32 Å². The molecule has 4 nitrogen and oxygen atoms in total. The van der Waals surface area contributed by atoms with Gasteiger partial charge in [0, 0.05) is 13.1 Å². The van der Waals surface area contributed by atoms with Gasteiger partial charge in [0.1, 0.15) is 0 Å². The summed E-state index contributed by atoms with van der Waals surface area (Å²) in [6, 6.07) is 3.77. The maximum absolute atomic E-state index is 9.77. The standard InChI is InChI=1S/C14H20ClNO3/c1-9(2)3-11(17)7-16-6-10-4-12(15)14-13(5-10)18-8-19-14/h4-5,9,11,16-17H,3,6-8H2,1-2H3. The molecule has 0 aromatic heterocycles. The molecule has 1 heterocycles. The summed E-state index contributed by atoms with van der Waals surface area (Å²) >= 11 is 6.10. The van der Waals surface area contributed by atoms with Crippen molar-refractivity contribution in [3.63, 3.8) is 0 Å². The second-order valence-corrected chi connectivity index (χ2v) is 5.63. The summed E-state index contributed by atoms with van der Waals surface area (Å²) in [5, 5.41) is 13.6. The molecule has 1 aromatic carbocycles. The normalized spacial score (nSPS) is 15.0. The molecule has 0 spiro atoms. The minimum atomic E-state index is -0.315. The van der Waals surface area contributed by atoms with Crippen LogP contribution in [0.3, 0.4) is 0 Å². The number of benzene rings is 1. The van der Waals surface area contributed by atoms with Crippen LogP contribution < -0.4 is 14.8 Å². The predicted molar refractivity (Wildman–Crippen MR) is 74.7 cm³/mol. The van der Waals surface area contributed by atoms with E-state index in [1.165, 1.54) is 0 Å². The average molecular weight is 286 g/mol. The van der Waals surface area contributed by atoms with E-state index in [4.69, 9.17) is 21.1 Å². The Morgan fingerprint density at radius 2 is 2.16 bits per heavy atom. The van der Waals surface area contributed by atoms with Gasteiger partial charge in [0.25, 0.3) is 0 Å². The molecule has 0 saturated heterocycles. The number of nitrogens with one attached hydrogen (secondary N) is 1. The zero-order chi connectivity index (χ0) is 13.8. The summed E-state index contributed by atoms with van der Waals surface area (Å²) in [4.78, 5) is 0. The highest BCUT2D eigenvalue weighted by molar-refractivity contribution is 6.32. The monoisotopic (exact) mass is 285 g/mol. The summed E-state index contributed by atoms with van der Waals surface area (Å²) in [5.74, 6) is 1.80. The van der Waals surface area contributed by atoms with E-state index in [-0.39, 0.29) is 12.9 Å². The first-order valence-electron chi connectivity index (χ1n) is 6.53. The quantitative estimate of drug-likeness (QED) is 0.843. The van der Waals surface area contributed by atoms with E-state index in [1.54, 1.807) is 0 Å². The molecule has 0 saturated carbocycles. The van der Waals surface area contributed by atoms with Crippen molar-refractivity contribution in [2.45, 2.75) is 32.9 Å². The minimum absolute atomic E-state index is 0.221. The number of aliphatic hydroxyl groups is 1. The zero-order valence-electron chi connectivity index (χ0n) is 11.3. The van der Waals surface area contributed by atoms with Crippen molar-refractivity contribution in [3.8, 4) is 11.5 Å². The molecule has 1 aromatic rings. The van der Waals surface area contributed by atoms with E-state index >= 15 is 0 Å². The number of hydrogen-bond donors (Lipinski definition) is 2. The molecular weight excluding hydrogens is 266 g/mol. The van der Waals surface area contributed by atoms with Gasteiger partial charge >= 0.3 is 0 Å². The minimum Gasteiger partial charge on any atom is -0.454 e. The lowest BCUT2D eigenvalue weighted by Gasteiger charge is -2.14. The molecule has 0 radical (unpaired) electrons. The molecule has 1 unspecified atom stereocenters. The highest BCUT2D eigenvalue weighted by Gasteiger charge is 2.18. The van der Waals surface area contributed by atoms with Gasteiger partial charge in [-0.1, -0.05) is 25.4 Å². The van der Waals surface area contributed by atoms with Gasteiger partial charge in [-0.25, -0.2) is 0 Å². The molecule has 5 heteroatoms. The summed E-state index contributed by atoms with van der Waals surface area (Å²) in [6.45, 7) is 5.64. The molecule has 2 N–H and O–H groups in total. The predicted octanol–water partition coefficient (Wildman–Crippen LogP) is 2.57. The Morgan fingerprint density at radius 3 is 2.89 bits per heavy atom. The lowest BCUT2D eigenvalue weighted by molar-refractivity contribution is 0.146. The van der Waals surface area contributed by atoms with Gasteiger partial charge in [-0.2, -0.15) is 0 Å². The maximum atomic E-state index is 9.77. The second kappa shape index (κ2) is 6.46. The summed E-state index contributed by atoms with van der Waals surface area (Å²) in [6.07, 6.45) is 0.485. The Bertz CT molecular complexity index is 437. The fourth-order valence-electron chi connectivity index (χ4n) is 2.13. The number of fused-ring (bicyclic) bond motifs is 1. The Morgan fingerprint density at radius 1 is 1.37 bits per heavy atom. The summed E-state index contributed by atoms with van der Waals surface area (Å²) < 4.78 is 10.6. The van der Waals surface area contributed by atoms with Gasteiger partial charge in [-0.15, -0.1) is 0 Å². The van der Waals surface area contributed by atoms with Crippen molar-refractivity contribution in [2.24, 2.45) is 5.92 Å². The Balaban J connectivity index is 1.85. The van der Waals surface area contributed by atoms with Gasteiger partial charge in [-0.05, 0) is 30.0 Å². The van der Waals surface area contributed by atoms with Crippen LogP contribution in [0.5, 0.6) is 11.5 Å². The maximum Gasteiger partial charge on any atom is 0.231 e. The molecule has 2 rings (SSSR count). The van der Waals surface area contributed by atoms with Gasteiger partial charge in [0.15, 0.2) is 11.5 Å². The molecule has 1 atom stereocenters. The van der Waals surface area contributed by atoms with Crippen LogP contribution in [-0.4, -0.2) is 24.5 Å². The molecule has 19 heavy (non-hydrogen) atoms. The zero-order valence-corrected chi connectivity index (χ0v) is 12.0. The first kappa shape index (κ1) is 14.4. The average Bonchev–Trinajstić information content (AvgIpc) is 2.76. The van der Waals surface area contributed by atoms with Crippen LogP contribution in [-0.2, 0) is 6.54 Å². The molecule has 1 aliphatic heterocycles. The van der Waals surface area contributed by atoms with E-state index in [9.17, 15) is 5.11 Å². The highest BCUT2D eigenvalue weighted by Crippen LogP contribution is 2.39. The number of hydrogen-bond acceptors (Lipinski definition) is 4. The van der Waals surface area contributed by atoms with Gasteiger partial charge in [0.2, 0.25) is 6.79 Å². The smallest absolute Gasteiger partial charge is 0.231 e. The van der Waals surface area contributed by atoms with Crippen LogP contribution in [0.4, 0.5) is 0 Å². The third-order valence-electron chi connectivity index (χ3n) is 2.94. The molecular formula is C14H20ClNO3. The fraction of sp³-hybridized carbons (Fsp3) is 0.571. The molecule has 1 aliphatic rings. The SMILES string of the molecule is CC(C)CC(O)CNCc1cc(Cl)c2c(c1)OCO2. The van der Waals surface area contributed by atoms with Crippen molar-refractivity contribution >= 4 is 11.6 Å². The number of aliphatic hydroxyl groups excluding tert-OH is 1. The van der Waals surface area contributed by atoms with E-state index in [0.717, 1.165) is 12.0 Å². The van der Waals surface area contributed by atoms with Gasteiger partial charge in [0.05, 0.1) is 11.1 Å². The third-order valence-corrected chi connectivity index (χ3v) is 3.22. The van der Waals surface area contributed by atoms with Crippen LogP contribution in [0.25, 0.3) is 0 Å². The number of ether oxygens (including phenoxy) is 2. The van der Waals surface area contributed by atoms with Crippen LogP contribution in [0, 0.1) is 5.92 Å². The topological polar surface area (TPSA) is 50.7 Å². The summed E-state index contributed by atoms with van der Waals surface area (Å²) in [5.41, 5.74) is 1.02. The third kappa shape index (κ3) is 4.00. The van der Waals surface area contributed by atoms with Crippen LogP contribution >= 0.6 is 11.6 Å².